The van der Waals surface area contributed by atoms with Crippen LogP contribution in [0.4, 0.5) is 4.79 Å². The molecule has 1 aliphatic rings. The molecule has 1 heterocycles. The number of halogens is 3. The normalized spacial score (nSPS) is 16.1. The van der Waals surface area contributed by atoms with Gasteiger partial charge in [0, 0.05) is 29.1 Å². The van der Waals surface area contributed by atoms with Gasteiger partial charge in [0.2, 0.25) is 0 Å². The number of carbonyl (C=O) groups excluding carboxylic acids is 1. The molecular formula is C22H24Cl3N3O2. The van der Waals surface area contributed by atoms with Gasteiger partial charge in [-0.2, -0.15) is 0 Å². The van der Waals surface area contributed by atoms with Gasteiger partial charge in [-0.3, -0.25) is 0 Å². The van der Waals surface area contributed by atoms with E-state index >= 15 is 0 Å². The fourth-order valence-corrected chi connectivity index (χ4v) is 3.60. The first kappa shape index (κ1) is 22.7. The summed E-state index contributed by atoms with van der Waals surface area (Å²) in [6.07, 6.45) is 0.298. The number of urea groups is 1. The van der Waals surface area contributed by atoms with E-state index in [4.69, 9.17) is 39.6 Å². The summed E-state index contributed by atoms with van der Waals surface area (Å²) in [4.78, 5) is 20.3. The maximum absolute atomic E-state index is 12.9. The maximum Gasteiger partial charge on any atom is 0.318 e. The average molecular weight is 469 g/mol. The molecule has 1 atom stereocenters. The van der Waals surface area contributed by atoms with Crippen molar-refractivity contribution < 1.29 is 9.63 Å². The van der Waals surface area contributed by atoms with Crippen LogP contribution in [0.5, 0.6) is 0 Å². The molecule has 0 fully saturated rings. The van der Waals surface area contributed by atoms with Gasteiger partial charge < -0.3 is 15.1 Å². The van der Waals surface area contributed by atoms with Gasteiger partial charge >= 0.3 is 6.03 Å². The Morgan fingerprint density at radius 3 is 2.60 bits per heavy atom. The quantitative estimate of drug-likeness (QED) is 0.572. The summed E-state index contributed by atoms with van der Waals surface area (Å²) in [7, 11) is 0. The molecule has 1 unspecified atom stereocenters. The number of benzene rings is 2. The number of carbonyl (C=O) groups is 1. The monoisotopic (exact) mass is 467 g/mol. The topological polar surface area (TPSA) is 53.9 Å². The molecule has 0 spiro atoms. The summed E-state index contributed by atoms with van der Waals surface area (Å²) in [5.41, 5.74) is 2.21. The van der Waals surface area contributed by atoms with Crippen LogP contribution < -0.4 is 5.32 Å². The smallest absolute Gasteiger partial charge is 0.318 e. The summed E-state index contributed by atoms with van der Waals surface area (Å²) < 4.78 is 0. The molecule has 0 bridgehead atoms. The maximum atomic E-state index is 12.9. The molecule has 0 saturated carbocycles. The molecule has 0 saturated heterocycles. The Morgan fingerprint density at radius 1 is 1.17 bits per heavy atom. The van der Waals surface area contributed by atoms with Gasteiger partial charge in [-0.1, -0.05) is 58.2 Å². The van der Waals surface area contributed by atoms with Crippen molar-refractivity contribution in [2.45, 2.75) is 45.4 Å². The van der Waals surface area contributed by atoms with Crippen molar-refractivity contribution in [3.8, 4) is 0 Å². The summed E-state index contributed by atoms with van der Waals surface area (Å²) in [6.45, 7) is 6.62. The van der Waals surface area contributed by atoms with Crippen LogP contribution in [0, 0.1) is 0 Å². The minimum atomic E-state index is -0.359. The molecule has 1 N–H and O–H groups in total. The second-order valence-electron chi connectivity index (χ2n) is 8.29. The lowest BCUT2D eigenvalue weighted by atomic mass is 10.0. The van der Waals surface area contributed by atoms with Crippen molar-refractivity contribution in [1.82, 2.24) is 10.2 Å². The SMILES string of the molecule is CC(C)(C)NC(=O)N(Cc1cccc(Cl)c1)CC1CC(c2ccc(Cl)c(Cl)c2)=NO1. The first-order valence-corrected chi connectivity index (χ1v) is 10.7. The Labute approximate surface area is 191 Å². The number of nitrogens with zero attached hydrogens (tertiary/aromatic N) is 2. The van der Waals surface area contributed by atoms with Gasteiger partial charge in [-0.05, 0) is 50.6 Å². The van der Waals surface area contributed by atoms with Crippen molar-refractivity contribution in [1.29, 1.82) is 0 Å². The van der Waals surface area contributed by atoms with Crippen LogP contribution in [-0.2, 0) is 11.4 Å². The lowest BCUT2D eigenvalue weighted by molar-refractivity contribution is 0.0580. The summed E-state index contributed by atoms with van der Waals surface area (Å²) in [5, 5.41) is 8.80. The molecule has 3 rings (SSSR count). The first-order valence-electron chi connectivity index (χ1n) is 9.60. The Morgan fingerprint density at radius 2 is 1.93 bits per heavy atom. The fraction of sp³-hybridized carbons (Fsp3) is 0.364. The minimum Gasteiger partial charge on any atom is -0.390 e. The van der Waals surface area contributed by atoms with Crippen LogP contribution in [-0.4, -0.2) is 34.8 Å². The number of oxime groups is 1. The standard InChI is InChI=1S/C22H24Cl3N3O2/c1-22(2,3)26-21(29)28(12-14-5-4-6-16(23)9-14)13-17-11-20(27-30-17)15-7-8-18(24)19(25)10-15/h4-10,17H,11-13H2,1-3H3,(H,26,29). The third kappa shape index (κ3) is 6.27. The van der Waals surface area contributed by atoms with E-state index in [1.807, 2.05) is 51.1 Å². The van der Waals surface area contributed by atoms with Crippen molar-refractivity contribution in [2.75, 3.05) is 6.54 Å². The van der Waals surface area contributed by atoms with E-state index in [1.165, 1.54) is 0 Å². The summed E-state index contributed by atoms with van der Waals surface area (Å²) in [5.74, 6) is 0. The molecule has 0 aliphatic carbocycles. The third-order valence-corrected chi connectivity index (χ3v) is 5.42. The zero-order chi connectivity index (χ0) is 21.9. The van der Waals surface area contributed by atoms with Gasteiger partial charge in [-0.25, -0.2) is 4.79 Å². The second-order valence-corrected chi connectivity index (χ2v) is 9.54. The summed E-state index contributed by atoms with van der Waals surface area (Å²) in [6, 6.07) is 12.7. The van der Waals surface area contributed by atoms with Crippen LogP contribution in [0.1, 0.15) is 38.3 Å². The highest BCUT2D eigenvalue weighted by Gasteiger charge is 2.28. The average Bonchev–Trinajstić information content (AvgIpc) is 3.11. The molecule has 2 aromatic carbocycles. The number of rotatable bonds is 5. The number of hydrogen-bond acceptors (Lipinski definition) is 3. The zero-order valence-corrected chi connectivity index (χ0v) is 19.4. The van der Waals surface area contributed by atoms with E-state index < -0.39 is 0 Å². The molecule has 5 nitrogen and oxygen atoms in total. The predicted octanol–water partition coefficient (Wildman–Crippen LogP) is 6.15. The molecule has 1 aliphatic heterocycles. The van der Waals surface area contributed by atoms with E-state index in [0.29, 0.717) is 34.6 Å². The fourth-order valence-electron chi connectivity index (χ4n) is 3.09. The third-order valence-electron chi connectivity index (χ3n) is 4.44. The minimum absolute atomic E-state index is 0.172. The molecule has 2 aromatic rings. The molecule has 0 radical (unpaired) electrons. The number of nitrogens with one attached hydrogen (secondary N) is 1. The van der Waals surface area contributed by atoms with Gasteiger partial charge in [0.15, 0.2) is 6.10 Å². The highest BCUT2D eigenvalue weighted by molar-refractivity contribution is 6.42. The molecule has 0 aromatic heterocycles. The molecule has 160 valence electrons. The predicted molar refractivity (Wildman–Crippen MR) is 123 cm³/mol. The highest BCUT2D eigenvalue weighted by atomic mass is 35.5. The van der Waals surface area contributed by atoms with E-state index in [9.17, 15) is 4.79 Å². The Bertz CT molecular complexity index is 957. The number of hydrogen-bond donors (Lipinski definition) is 1. The van der Waals surface area contributed by atoms with Crippen molar-refractivity contribution in [2.24, 2.45) is 5.16 Å². The highest BCUT2D eigenvalue weighted by Crippen LogP contribution is 2.26. The van der Waals surface area contributed by atoms with Crippen LogP contribution in [0.25, 0.3) is 0 Å². The zero-order valence-electron chi connectivity index (χ0n) is 17.1. The Balaban J connectivity index is 1.71. The molecular weight excluding hydrogens is 445 g/mol. The largest absolute Gasteiger partial charge is 0.390 e. The molecule has 8 heteroatoms. The second kappa shape index (κ2) is 9.46. The molecule has 30 heavy (non-hydrogen) atoms. The van der Waals surface area contributed by atoms with E-state index in [2.05, 4.69) is 10.5 Å². The van der Waals surface area contributed by atoms with Gasteiger partial charge in [0.25, 0.3) is 0 Å². The van der Waals surface area contributed by atoms with Gasteiger partial charge in [-0.15, -0.1) is 0 Å². The summed E-state index contributed by atoms with van der Waals surface area (Å²) >= 11 is 18.2. The van der Waals surface area contributed by atoms with Gasteiger partial charge in [0.05, 0.1) is 22.3 Å². The van der Waals surface area contributed by atoms with Crippen molar-refractivity contribution >= 4 is 46.5 Å². The number of amides is 2. The Hall–Kier alpha value is -1.95. The van der Waals surface area contributed by atoms with Gasteiger partial charge in [0.1, 0.15) is 0 Å². The van der Waals surface area contributed by atoms with Crippen LogP contribution >= 0.6 is 34.8 Å². The first-order chi connectivity index (χ1) is 14.1. The van der Waals surface area contributed by atoms with E-state index in [0.717, 1.165) is 16.8 Å². The van der Waals surface area contributed by atoms with Crippen LogP contribution in [0.15, 0.2) is 47.6 Å². The lowest BCUT2D eigenvalue weighted by Crippen LogP contribution is -2.50. The lowest BCUT2D eigenvalue weighted by Gasteiger charge is -2.29. The van der Waals surface area contributed by atoms with E-state index in [-0.39, 0.29) is 17.7 Å². The van der Waals surface area contributed by atoms with Crippen LogP contribution in [0.2, 0.25) is 15.1 Å². The van der Waals surface area contributed by atoms with Crippen LogP contribution in [0.3, 0.4) is 0 Å². The Kier molecular flexibility index (Phi) is 7.17. The van der Waals surface area contributed by atoms with Crippen molar-refractivity contribution in [3.63, 3.8) is 0 Å². The van der Waals surface area contributed by atoms with E-state index in [1.54, 1.807) is 17.0 Å². The molecule has 2 amide bonds. The van der Waals surface area contributed by atoms with Crippen molar-refractivity contribution in [3.05, 3.63) is 68.7 Å².